The highest BCUT2D eigenvalue weighted by molar-refractivity contribution is 7.13. The Morgan fingerprint density at radius 3 is 3.00 bits per heavy atom. The fourth-order valence-corrected chi connectivity index (χ4v) is 2.14. The third kappa shape index (κ3) is 3.58. The minimum Gasteiger partial charge on any atom is -0.442 e. The molecule has 0 aromatic carbocycles. The zero-order valence-corrected chi connectivity index (χ0v) is 11.2. The molecule has 0 N–H and O–H groups in total. The normalized spacial score (nSPS) is 10.2. The zero-order chi connectivity index (χ0) is 14.4. The van der Waals surface area contributed by atoms with Crippen molar-refractivity contribution in [3.63, 3.8) is 0 Å². The van der Waals surface area contributed by atoms with Crippen LogP contribution < -0.4 is 0 Å². The van der Waals surface area contributed by atoms with Crippen LogP contribution in [0, 0.1) is 0 Å². The van der Waals surface area contributed by atoms with Crippen molar-refractivity contribution in [1.82, 2.24) is 14.8 Å². The SMILES string of the molecule is O=CCCC(=O)OCn1cc(-c2nc(C=O)cs2)cn1. The Morgan fingerprint density at radius 1 is 1.45 bits per heavy atom. The van der Waals surface area contributed by atoms with E-state index in [-0.39, 0.29) is 19.6 Å². The number of aldehydes is 2. The van der Waals surface area contributed by atoms with Crippen molar-refractivity contribution in [1.29, 1.82) is 0 Å². The number of thiazole rings is 1. The lowest BCUT2D eigenvalue weighted by molar-refractivity contribution is -0.148. The summed E-state index contributed by atoms with van der Waals surface area (Å²) in [4.78, 5) is 36.0. The van der Waals surface area contributed by atoms with Crippen LogP contribution in [0.25, 0.3) is 10.6 Å². The van der Waals surface area contributed by atoms with Crippen LogP contribution in [0.15, 0.2) is 17.8 Å². The summed E-state index contributed by atoms with van der Waals surface area (Å²) in [6, 6.07) is 0. The first kappa shape index (κ1) is 14.1. The quantitative estimate of drug-likeness (QED) is 0.564. The molecule has 0 fully saturated rings. The van der Waals surface area contributed by atoms with Gasteiger partial charge in [-0.3, -0.25) is 9.59 Å². The van der Waals surface area contributed by atoms with Crippen molar-refractivity contribution in [2.45, 2.75) is 19.6 Å². The van der Waals surface area contributed by atoms with Crippen LogP contribution in [0.5, 0.6) is 0 Å². The maximum Gasteiger partial charge on any atom is 0.308 e. The molecule has 0 saturated heterocycles. The van der Waals surface area contributed by atoms with Gasteiger partial charge >= 0.3 is 5.97 Å². The molecule has 0 radical (unpaired) electrons. The molecule has 0 unspecified atom stereocenters. The summed E-state index contributed by atoms with van der Waals surface area (Å²) in [6.45, 7) is -0.0242. The predicted octanol–water partition coefficient (Wildman–Crippen LogP) is 1.30. The standard InChI is InChI=1S/C12H11N3O4S/c16-3-1-2-11(18)19-8-15-5-9(4-13-15)12-14-10(6-17)7-20-12/h3-7H,1-2,8H2. The number of hydrogen-bond donors (Lipinski definition) is 0. The molecule has 20 heavy (non-hydrogen) atoms. The van der Waals surface area contributed by atoms with E-state index in [1.54, 1.807) is 17.8 Å². The lowest BCUT2D eigenvalue weighted by Crippen LogP contribution is -2.09. The van der Waals surface area contributed by atoms with E-state index in [9.17, 15) is 14.4 Å². The van der Waals surface area contributed by atoms with Crippen LogP contribution >= 0.6 is 11.3 Å². The van der Waals surface area contributed by atoms with Gasteiger partial charge in [0.15, 0.2) is 13.0 Å². The molecule has 0 atom stereocenters. The molecule has 0 bridgehead atoms. The molecular formula is C12H11N3O4S. The largest absolute Gasteiger partial charge is 0.442 e. The number of ether oxygens (including phenoxy) is 1. The first-order valence-corrected chi connectivity index (χ1v) is 6.63. The molecule has 2 heterocycles. The van der Waals surface area contributed by atoms with Gasteiger partial charge in [-0.25, -0.2) is 9.67 Å². The topological polar surface area (TPSA) is 91.2 Å². The Balaban J connectivity index is 1.93. The minimum atomic E-state index is -0.452. The third-order valence-electron chi connectivity index (χ3n) is 2.35. The van der Waals surface area contributed by atoms with Gasteiger partial charge in [0, 0.05) is 23.6 Å². The van der Waals surface area contributed by atoms with Gasteiger partial charge in [-0.05, 0) is 0 Å². The molecule has 0 aliphatic rings. The van der Waals surface area contributed by atoms with Gasteiger partial charge in [0.1, 0.15) is 17.0 Å². The molecule has 0 saturated carbocycles. The highest BCUT2D eigenvalue weighted by Crippen LogP contribution is 2.22. The van der Waals surface area contributed by atoms with Crippen molar-refractivity contribution in [3.05, 3.63) is 23.5 Å². The minimum absolute atomic E-state index is 0.0242. The second kappa shape index (κ2) is 6.71. The van der Waals surface area contributed by atoms with E-state index in [0.29, 0.717) is 23.3 Å². The maximum atomic E-state index is 11.2. The summed E-state index contributed by atoms with van der Waals surface area (Å²) in [5.41, 5.74) is 1.12. The van der Waals surface area contributed by atoms with Crippen LogP contribution in [-0.4, -0.2) is 33.3 Å². The molecule has 2 aromatic heterocycles. The maximum absolute atomic E-state index is 11.2. The molecule has 0 aliphatic heterocycles. The number of nitrogens with zero attached hydrogens (tertiary/aromatic N) is 3. The summed E-state index contributed by atoms with van der Waals surface area (Å²) < 4.78 is 6.38. The molecule has 7 nitrogen and oxygen atoms in total. The first-order chi connectivity index (χ1) is 9.72. The van der Waals surface area contributed by atoms with E-state index in [1.807, 2.05) is 0 Å². The highest BCUT2D eigenvalue weighted by atomic mass is 32.1. The van der Waals surface area contributed by atoms with Crippen molar-refractivity contribution < 1.29 is 19.1 Å². The lowest BCUT2D eigenvalue weighted by atomic mass is 10.3. The van der Waals surface area contributed by atoms with Crippen LogP contribution in [0.2, 0.25) is 0 Å². The monoisotopic (exact) mass is 293 g/mol. The Morgan fingerprint density at radius 2 is 2.30 bits per heavy atom. The van der Waals surface area contributed by atoms with E-state index < -0.39 is 5.97 Å². The number of rotatable bonds is 7. The Labute approximate surface area is 118 Å². The van der Waals surface area contributed by atoms with Crippen LogP contribution in [0.4, 0.5) is 0 Å². The fraction of sp³-hybridized carbons (Fsp3) is 0.250. The molecule has 2 rings (SSSR count). The van der Waals surface area contributed by atoms with Gasteiger partial charge < -0.3 is 9.53 Å². The zero-order valence-electron chi connectivity index (χ0n) is 10.4. The summed E-state index contributed by atoms with van der Waals surface area (Å²) in [5, 5.41) is 6.35. The first-order valence-electron chi connectivity index (χ1n) is 5.75. The Bertz CT molecular complexity index is 620. The van der Waals surface area contributed by atoms with E-state index in [0.717, 1.165) is 5.56 Å². The van der Waals surface area contributed by atoms with E-state index in [4.69, 9.17) is 4.74 Å². The summed E-state index contributed by atoms with van der Waals surface area (Å²) in [5.74, 6) is -0.452. The van der Waals surface area contributed by atoms with Crippen molar-refractivity contribution >= 4 is 29.9 Å². The van der Waals surface area contributed by atoms with Crippen LogP contribution in [0.1, 0.15) is 23.3 Å². The number of esters is 1. The summed E-state index contributed by atoms with van der Waals surface area (Å²) in [7, 11) is 0. The molecule has 2 aromatic rings. The number of aromatic nitrogens is 3. The molecule has 0 amide bonds. The van der Waals surface area contributed by atoms with E-state index >= 15 is 0 Å². The second-order valence-corrected chi connectivity index (χ2v) is 4.67. The van der Waals surface area contributed by atoms with Gasteiger partial charge in [-0.2, -0.15) is 5.10 Å². The molecule has 0 aliphatic carbocycles. The Kier molecular flexibility index (Phi) is 4.72. The van der Waals surface area contributed by atoms with Gasteiger partial charge in [-0.15, -0.1) is 11.3 Å². The summed E-state index contributed by atoms with van der Waals surface area (Å²) in [6.07, 6.45) is 4.80. The summed E-state index contributed by atoms with van der Waals surface area (Å²) >= 11 is 1.33. The molecule has 104 valence electrons. The molecule has 0 spiro atoms. The van der Waals surface area contributed by atoms with E-state index in [2.05, 4.69) is 10.1 Å². The van der Waals surface area contributed by atoms with Crippen LogP contribution in [-0.2, 0) is 21.1 Å². The number of carbonyl (C=O) groups is 3. The molecular weight excluding hydrogens is 282 g/mol. The van der Waals surface area contributed by atoms with Crippen LogP contribution in [0.3, 0.4) is 0 Å². The van der Waals surface area contributed by atoms with Gasteiger partial charge in [0.2, 0.25) is 0 Å². The average Bonchev–Trinajstić information content (AvgIpc) is 3.10. The fourth-order valence-electron chi connectivity index (χ4n) is 1.40. The van der Waals surface area contributed by atoms with Crippen molar-refractivity contribution in [2.75, 3.05) is 0 Å². The average molecular weight is 293 g/mol. The highest BCUT2D eigenvalue weighted by Gasteiger charge is 2.08. The van der Waals surface area contributed by atoms with Gasteiger partial charge in [0.25, 0.3) is 0 Å². The number of carbonyl (C=O) groups excluding carboxylic acids is 3. The molecule has 8 heteroatoms. The lowest BCUT2D eigenvalue weighted by Gasteiger charge is -2.02. The number of hydrogen-bond acceptors (Lipinski definition) is 7. The third-order valence-corrected chi connectivity index (χ3v) is 3.26. The Hall–Kier alpha value is -2.35. The van der Waals surface area contributed by atoms with E-state index in [1.165, 1.54) is 16.0 Å². The second-order valence-electron chi connectivity index (χ2n) is 3.81. The van der Waals surface area contributed by atoms with Gasteiger partial charge in [0.05, 0.1) is 12.6 Å². The van der Waals surface area contributed by atoms with Crippen molar-refractivity contribution in [3.8, 4) is 10.6 Å². The van der Waals surface area contributed by atoms with Gasteiger partial charge in [-0.1, -0.05) is 0 Å². The van der Waals surface area contributed by atoms with Crippen molar-refractivity contribution in [2.24, 2.45) is 0 Å². The predicted molar refractivity (Wildman–Crippen MR) is 70.1 cm³/mol. The smallest absolute Gasteiger partial charge is 0.308 e.